The highest BCUT2D eigenvalue weighted by Crippen LogP contribution is 2.25. The van der Waals surface area contributed by atoms with Crippen molar-refractivity contribution in [3.05, 3.63) is 35.4 Å². The number of hydrogen-bond acceptors (Lipinski definition) is 5. The maximum Gasteiger partial charge on any atom is 0.264 e. The van der Waals surface area contributed by atoms with Crippen LogP contribution in [0.1, 0.15) is 36.5 Å². The van der Waals surface area contributed by atoms with E-state index in [2.05, 4.69) is 0 Å². The van der Waals surface area contributed by atoms with Crippen LogP contribution in [0.25, 0.3) is 0 Å². The number of benzene rings is 1. The highest BCUT2D eigenvalue weighted by molar-refractivity contribution is 7.85. The SMILES string of the molecule is Cc1ccc(C(COS(C)(=O)=O)OC2CCCCO2)cc1. The first-order chi connectivity index (χ1) is 9.94. The normalized spacial score (nSPS) is 21.1. The van der Waals surface area contributed by atoms with Gasteiger partial charge < -0.3 is 9.47 Å². The van der Waals surface area contributed by atoms with E-state index in [1.807, 2.05) is 31.2 Å². The third-order valence-corrected chi connectivity index (χ3v) is 3.90. The number of ether oxygens (including phenoxy) is 2. The van der Waals surface area contributed by atoms with Gasteiger partial charge in [-0.3, -0.25) is 4.18 Å². The van der Waals surface area contributed by atoms with E-state index in [1.54, 1.807) is 0 Å². The number of aryl methyl sites for hydroxylation is 1. The minimum atomic E-state index is -3.50. The Morgan fingerprint density at radius 3 is 2.57 bits per heavy atom. The van der Waals surface area contributed by atoms with Crippen LogP contribution in [0, 0.1) is 6.92 Å². The summed E-state index contributed by atoms with van der Waals surface area (Å²) in [5, 5.41) is 0. The van der Waals surface area contributed by atoms with Crippen LogP contribution in [0.2, 0.25) is 0 Å². The molecule has 1 aliphatic heterocycles. The second-order valence-corrected chi connectivity index (χ2v) is 6.96. The van der Waals surface area contributed by atoms with Crippen molar-refractivity contribution < 1.29 is 22.1 Å². The Balaban J connectivity index is 2.06. The molecular formula is C15H22O5S. The van der Waals surface area contributed by atoms with Gasteiger partial charge in [0.25, 0.3) is 10.1 Å². The van der Waals surface area contributed by atoms with E-state index in [0.29, 0.717) is 6.61 Å². The summed E-state index contributed by atoms with van der Waals surface area (Å²) in [6, 6.07) is 7.78. The second-order valence-electron chi connectivity index (χ2n) is 5.32. The zero-order chi connectivity index (χ0) is 15.3. The lowest BCUT2D eigenvalue weighted by Gasteiger charge is -2.27. The fraction of sp³-hybridized carbons (Fsp3) is 0.600. The van der Waals surface area contributed by atoms with E-state index < -0.39 is 16.2 Å². The molecule has 0 saturated carbocycles. The van der Waals surface area contributed by atoms with Crippen molar-refractivity contribution in [2.45, 2.75) is 38.6 Å². The Morgan fingerprint density at radius 1 is 1.29 bits per heavy atom. The number of rotatable bonds is 6. The molecule has 118 valence electrons. The van der Waals surface area contributed by atoms with E-state index in [0.717, 1.165) is 36.6 Å². The van der Waals surface area contributed by atoms with Gasteiger partial charge in [0.15, 0.2) is 6.29 Å². The molecule has 0 N–H and O–H groups in total. The molecule has 1 aliphatic rings. The standard InChI is InChI=1S/C15H22O5S/c1-12-6-8-13(9-7-12)14(11-19-21(2,16)17)20-15-5-3-4-10-18-15/h6-9,14-15H,3-5,10-11H2,1-2H3. The molecule has 2 atom stereocenters. The molecule has 1 aromatic carbocycles. The molecule has 21 heavy (non-hydrogen) atoms. The van der Waals surface area contributed by atoms with E-state index in [-0.39, 0.29) is 12.9 Å². The smallest absolute Gasteiger partial charge is 0.264 e. The average molecular weight is 314 g/mol. The molecule has 5 nitrogen and oxygen atoms in total. The molecule has 0 aliphatic carbocycles. The van der Waals surface area contributed by atoms with Crippen LogP contribution in [0.3, 0.4) is 0 Å². The summed E-state index contributed by atoms with van der Waals surface area (Å²) in [7, 11) is -3.50. The van der Waals surface area contributed by atoms with Crippen LogP contribution in [0.15, 0.2) is 24.3 Å². The fourth-order valence-electron chi connectivity index (χ4n) is 2.18. The van der Waals surface area contributed by atoms with Crippen LogP contribution in [0.5, 0.6) is 0 Å². The quantitative estimate of drug-likeness (QED) is 0.755. The Hall–Kier alpha value is -0.950. The van der Waals surface area contributed by atoms with Crippen molar-refractivity contribution in [2.75, 3.05) is 19.5 Å². The van der Waals surface area contributed by atoms with Crippen LogP contribution >= 0.6 is 0 Å². The lowest BCUT2D eigenvalue weighted by Crippen LogP contribution is -2.27. The van der Waals surface area contributed by atoms with E-state index in [1.165, 1.54) is 0 Å². The van der Waals surface area contributed by atoms with Crippen LogP contribution in [-0.2, 0) is 23.8 Å². The second kappa shape index (κ2) is 7.35. The molecule has 1 aromatic rings. The zero-order valence-corrected chi connectivity index (χ0v) is 13.3. The molecule has 2 rings (SSSR count). The molecule has 6 heteroatoms. The van der Waals surface area contributed by atoms with Crippen molar-refractivity contribution in [1.29, 1.82) is 0 Å². The van der Waals surface area contributed by atoms with Crippen LogP contribution in [-0.4, -0.2) is 34.2 Å². The maximum absolute atomic E-state index is 11.2. The van der Waals surface area contributed by atoms with Crippen LogP contribution in [0.4, 0.5) is 0 Å². The Labute approximate surface area is 126 Å². The lowest BCUT2D eigenvalue weighted by molar-refractivity contribution is -0.195. The predicted octanol–water partition coefficient (Wildman–Crippen LogP) is 2.56. The fourth-order valence-corrected chi connectivity index (χ4v) is 2.55. The van der Waals surface area contributed by atoms with Crippen molar-refractivity contribution in [3.8, 4) is 0 Å². The molecule has 0 bridgehead atoms. The molecule has 2 unspecified atom stereocenters. The van der Waals surface area contributed by atoms with Gasteiger partial charge in [-0.05, 0) is 31.7 Å². The third kappa shape index (κ3) is 5.74. The van der Waals surface area contributed by atoms with Gasteiger partial charge in [0.05, 0.1) is 12.9 Å². The topological polar surface area (TPSA) is 61.8 Å². The first kappa shape index (κ1) is 16.4. The van der Waals surface area contributed by atoms with Crippen molar-refractivity contribution >= 4 is 10.1 Å². The van der Waals surface area contributed by atoms with Gasteiger partial charge in [0.1, 0.15) is 6.10 Å². The summed E-state index contributed by atoms with van der Waals surface area (Å²) in [5.74, 6) is 0. The van der Waals surface area contributed by atoms with Gasteiger partial charge in [-0.1, -0.05) is 29.8 Å². The van der Waals surface area contributed by atoms with Crippen molar-refractivity contribution in [2.24, 2.45) is 0 Å². The summed E-state index contributed by atoms with van der Waals surface area (Å²) in [5.41, 5.74) is 2.02. The molecule has 0 radical (unpaired) electrons. The minimum Gasteiger partial charge on any atom is -0.353 e. The zero-order valence-electron chi connectivity index (χ0n) is 12.4. The van der Waals surface area contributed by atoms with Gasteiger partial charge in [0, 0.05) is 6.61 Å². The molecule has 1 saturated heterocycles. The van der Waals surface area contributed by atoms with Gasteiger partial charge in [-0.25, -0.2) is 0 Å². The third-order valence-electron chi connectivity index (χ3n) is 3.34. The summed E-state index contributed by atoms with van der Waals surface area (Å²) in [6.45, 7) is 2.64. The van der Waals surface area contributed by atoms with E-state index in [9.17, 15) is 8.42 Å². The van der Waals surface area contributed by atoms with Crippen molar-refractivity contribution in [3.63, 3.8) is 0 Å². The number of hydrogen-bond donors (Lipinski definition) is 0. The Morgan fingerprint density at radius 2 is 2.00 bits per heavy atom. The average Bonchev–Trinajstić information content (AvgIpc) is 2.45. The molecule has 1 fully saturated rings. The highest BCUT2D eigenvalue weighted by Gasteiger charge is 2.22. The predicted molar refractivity (Wildman–Crippen MR) is 79.4 cm³/mol. The largest absolute Gasteiger partial charge is 0.353 e. The van der Waals surface area contributed by atoms with Gasteiger partial charge in [-0.2, -0.15) is 8.42 Å². The summed E-state index contributed by atoms with van der Waals surface area (Å²) >= 11 is 0. The monoisotopic (exact) mass is 314 g/mol. The van der Waals surface area contributed by atoms with Crippen LogP contribution < -0.4 is 0 Å². The van der Waals surface area contributed by atoms with E-state index >= 15 is 0 Å². The van der Waals surface area contributed by atoms with Gasteiger partial charge in [-0.15, -0.1) is 0 Å². The van der Waals surface area contributed by atoms with Gasteiger partial charge in [0.2, 0.25) is 0 Å². The summed E-state index contributed by atoms with van der Waals surface area (Å²) in [6.07, 6.45) is 3.20. The Bertz CT molecular complexity index is 532. The first-order valence-electron chi connectivity index (χ1n) is 7.12. The van der Waals surface area contributed by atoms with Crippen molar-refractivity contribution in [1.82, 2.24) is 0 Å². The molecule has 0 aromatic heterocycles. The minimum absolute atomic E-state index is 0.0399. The maximum atomic E-state index is 11.2. The van der Waals surface area contributed by atoms with Gasteiger partial charge >= 0.3 is 0 Å². The molecule has 0 amide bonds. The molecule has 0 spiro atoms. The first-order valence-corrected chi connectivity index (χ1v) is 8.94. The molecular weight excluding hydrogens is 292 g/mol. The summed E-state index contributed by atoms with van der Waals surface area (Å²) in [4.78, 5) is 0. The Kier molecular flexibility index (Phi) is 5.75. The molecule has 1 heterocycles. The summed E-state index contributed by atoms with van der Waals surface area (Å²) < 4.78 is 38.8. The van der Waals surface area contributed by atoms with E-state index in [4.69, 9.17) is 13.7 Å². The lowest BCUT2D eigenvalue weighted by atomic mass is 10.1. The highest BCUT2D eigenvalue weighted by atomic mass is 32.2.